The predicted molar refractivity (Wildman–Crippen MR) is 347 cm³/mol. The normalized spacial score (nSPS) is 17.5. The van der Waals surface area contributed by atoms with Crippen molar-refractivity contribution in [2.24, 2.45) is 0 Å². The second-order valence-corrected chi connectivity index (χ2v) is 42.7. The van der Waals surface area contributed by atoms with Crippen LogP contribution in [-0.4, -0.2) is 81.6 Å². The van der Waals surface area contributed by atoms with Crippen molar-refractivity contribution < 1.29 is 66.5 Å². The van der Waals surface area contributed by atoms with E-state index in [0.29, 0.717) is 11.2 Å². The number of hydrogen-bond donors (Lipinski definition) is 2. The zero-order valence-electron chi connectivity index (χ0n) is 44.4. The summed E-state index contributed by atoms with van der Waals surface area (Å²) < 4.78 is 0. The van der Waals surface area contributed by atoms with Gasteiger partial charge in [0.05, 0.1) is 0 Å². The Morgan fingerprint density at radius 3 is 0.605 bits per heavy atom. The summed E-state index contributed by atoms with van der Waals surface area (Å²) in [5, 5.41) is 27.2. The van der Waals surface area contributed by atoms with Gasteiger partial charge >= 0.3 is 112 Å². The van der Waals surface area contributed by atoms with E-state index in [-0.39, 0.29) is 57.8 Å². The average molecular weight is 2010 g/mol. The van der Waals surface area contributed by atoms with E-state index in [1.54, 1.807) is 0 Å². The average Bonchev–Trinajstić information content (AvgIpc) is 4.31. The van der Waals surface area contributed by atoms with E-state index in [2.05, 4.69) is 280 Å². The molecule has 12 aliphatic heterocycles. The standard InChI is InChI=1S/3C14H12N4.3C3H8.2C2H4O2.3CH4.2BrH.2HI.3Pt/c3*1-3-7-15-11-17(9-13(15)5-1)18-10-14-6-2-4-8-16(14)12-18;3*1-3-2;2*1-2(3)4;;;;;;;;;;/h3*1-12H;3*3H2,1-2H3;2*1H3,(H,3,4);3*1H4;4*1H;;;/q3*-2;;;;;;;;;;;;;+2;2*+4/p-4. The summed E-state index contributed by atoms with van der Waals surface area (Å²) in [5.74, 6) is -1.67. The molecule has 16 nitrogen and oxygen atoms in total. The van der Waals surface area contributed by atoms with Gasteiger partial charge in [0.25, 0.3) is 11.9 Å². The van der Waals surface area contributed by atoms with Crippen LogP contribution in [-0.2, 0) is 56.3 Å². The van der Waals surface area contributed by atoms with Gasteiger partial charge in [-0.15, -0.1) is 40.0 Å². The van der Waals surface area contributed by atoms with Crippen molar-refractivity contribution in [3.63, 3.8) is 0 Å². The first kappa shape index (κ1) is 79.4. The third-order valence-electron chi connectivity index (χ3n) is 9.38. The van der Waals surface area contributed by atoms with Crippen LogP contribution in [0.25, 0.3) is 0 Å². The number of carboxylic acid groups (broad SMARTS) is 2. The molecule has 0 radical (unpaired) electrons. The molecule has 2 N–H and O–H groups in total. The molecule has 23 heteroatoms. The number of hydrogen-bond acceptors (Lipinski definition) is 14. The number of carboxylic acids is 2. The molecule has 12 rings (SSSR count). The fraction of sp³-hybridized carbons (Fsp3) is 0.241. The van der Waals surface area contributed by atoms with Crippen LogP contribution >= 0.6 is 65.3 Å². The van der Waals surface area contributed by atoms with Gasteiger partial charge in [-0.05, 0) is 110 Å². The molecule has 81 heavy (non-hydrogen) atoms. The molecule has 0 unspecified atom stereocenters. The van der Waals surface area contributed by atoms with E-state index in [1.165, 1.54) is 53.4 Å². The van der Waals surface area contributed by atoms with Gasteiger partial charge in [-0.3, -0.25) is 9.59 Å². The largest absolute Gasteiger partial charge is 2.00 e. The van der Waals surface area contributed by atoms with E-state index in [0.717, 1.165) is 13.8 Å². The third-order valence-corrected chi connectivity index (χ3v) is 9.38. The molecule has 0 aliphatic carbocycles. The summed E-state index contributed by atoms with van der Waals surface area (Å²) in [5.41, 5.74) is 7.00. The summed E-state index contributed by atoms with van der Waals surface area (Å²) >= 11 is 11.9. The van der Waals surface area contributed by atoms with E-state index in [4.69, 9.17) is 19.8 Å². The Bertz CT molecular complexity index is 2070. The third kappa shape index (κ3) is 28.2. The zero-order chi connectivity index (χ0) is 56.5. The Balaban J connectivity index is 0. The van der Waals surface area contributed by atoms with Gasteiger partial charge in [0.15, 0.2) is 0 Å². The second-order valence-electron chi connectivity index (χ2n) is 16.2. The zero-order valence-corrected chi connectivity index (χ0v) is 58.7. The number of rotatable bonds is 3. The van der Waals surface area contributed by atoms with Crippen molar-refractivity contribution in [1.29, 1.82) is 0 Å². The van der Waals surface area contributed by atoms with Gasteiger partial charge in [0, 0.05) is 85.2 Å². The van der Waals surface area contributed by atoms with Crippen molar-refractivity contribution in [1.82, 2.24) is 59.5 Å². The first-order valence-corrected chi connectivity index (χ1v) is 47.0. The van der Waals surface area contributed by atoms with Crippen LogP contribution in [0.15, 0.2) is 218 Å². The number of nitrogens with zero attached hydrogens (tertiary/aromatic N) is 12. The van der Waals surface area contributed by atoms with Crippen LogP contribution in [0.2, 0.25) is 0 Å². The molecule has 0 aromatic carbocycles. The van der Waals surface area contributed by atoms with Crippen LogP contribution in [0.3, 0.4) is 0 Å². The molecule has 0 fully saturated rings. The van der Waals surface area contributed by atoms with E-state index in [1.807, 2.05) is 110 Å². The van der Waals surface area contributed by atoms with E-state index in [9.17, 15) is 0 Å². The van der Waals surface area contributed by atoms with Gasteiger partial charge in [-0.1, -0.05) is 120 Å². The van der Waals surface area contributed by atoms with Crippen LogP contribution in [0.1, 0.15) is 96.9 Å². The molecule has 0 aromatic rings. The van der Waals surface area contributed by atoms with Crippen LogP contribution in [0.5, 0.6) is 0 Å². The minimum absolute atomic E-state index is 0. The van der Waals surface area contributed by atoms with Crippen molar-refractivity contribution in [3.8, 4) is 0 Å². The maximum absolute atomic E-state index is 9.00. The van der Waals surface area contributed by atoms with Crippen molar-refractivity contribution in [2.75, 3.05) is 0 Å². The molecular formula is C58H80Br2I2N12O4Pt3. The van der Waals surface area contributed by atoms with Crippen LogP contribution < -0.4 is 0 Å². The Hall–Kier alpha value is -3.66. The monoisotopic (exact) mass is 2010 g/mol. The Labute approximate surface area is 551 Å². The van der Waals surface area contributed by atoms with Crippen molar-refractivity contribution in [2.45, 2.75) is 96.9 Å². The van der Waals surface area contributed by atoms with Crippen molar-refractivity contribution >= 4 is 77.2 Å². The summed E-state index contributed by atoms with van der Waals surface area (Å²) in [6, 6.07) is 0. The minimum atomic E-state index is -0.833. The Morgan fingerprint density at radius 1 is 0.395 bits per heavy atom. The number of allylic oxidation sites excluding steroid dienone is 18. The number of hydrazine groups is 3. The number of carbonyl (C=O) groups is 2. The van der Waals surface area contributed by atoms with Crippen LogP contribution in [0.4, 0.5) is 0 Å². The summed E-state index contributed by atoms with van der Waals surface area (Å²) in [6.07, 6.45) is 65.5. The minimum Gasteiger partial charge on any atom is 2.00 e. The predicted octanol–water partition coefficient (Wildman–Crippen LogP) is 16.5. The molecule has 0 atom stereocenters. The Morgan fingerprint density at radius 2 is 0.506 bits per heavy atom. The summed E-state index contributed by atoms with van der Waals surface area (Å²) in [6.45, 7) is 27.2. The number of aliphatic carboxylic acids is 2. The van der Waals surface area contributed by atoms with Gasteiger partial charge in [-0.25, -0.2) is 0 Å². The fourth-order valence-corrected chi connectivity index (χ4v) is 6.64. The fourth-order valence-electron chi connectivity index (χ4n) is 6.64. The van der Waals surface area contributed by atoms with Gasteiger partial charge in [-0.2, -0.15) is 0 Å². The first-order valence-electron chi connectivity index (χ1n) is 24.2. The van der Waals surface area contributed by atoms with Gasteiger partial charge < -0.3 is 69.7 Å². The maximum atomic E-state index is 9.00. The molecule has 0 saturated heterocycles. The van der Waals surface area contributed by atoms with E-state index >= 15 is 0 Å². The topological polar surface area (TPSA) is 113 Å². The molecule has 0 amide bonds. The smallest absolute Gasteiger partial charge is 2.00 e. The first-order chi connectivity index (χ1) is 37.2. The molecular weight excluding hydrogens is 1930 g/mol. The summed E-state index contributed by atoms with van der Waals surface area (Å²) in [4.78, 5) is 30.6. The molecule has 0 bridgehead atoms. The number of fused-ring (bicyclic) bond motifs is 6. The molecule has 0 spiro atoms. The quantitative estimate of drug-likeness (QED) is 0.206. The van der Waals surface area contributed by atoms with Crippen LogP contribution in [0, 0.1) is 40.0 Å². The second kappa shape index (κ2) is 45.7. The van der Waals surface area contributed by atoms with Crippen molar-refractivity contribution in [3.05, 3.63) is 258 Å². The molecule has 0 saturated carbocycles. The van der Waals surface area contributed by atoms with E-state index < -0.39 is 11.9 Å². The Kier molecular flexibility index (Phi) is 44.8. The number of halogens is 4. The summed E-state index contributed by atoms with van der Waals surface area (Å²) in [7, 11) is 0. The SMILES string of the molecule is C.C.C.C1=CC2=CN(N3C=C4C=CC=CN4[CH-]3)[CH-]N2C=C1.C1=CC2=CN(N3C=C4C=CC=CN4[CH-]3)[CH-]N2C=C1.C1=CC2=CN(N3C=C4C=CC=CN4[CH-]3)[CH-]N2C=C1.CC(=O)O.CC(=O)O.CCC.CCC.CCC.[Br][Pt+2][Br].[I][Pt+2][I].[Pt+2]. The molecule has 0 aromatic heterocycles. The molecule has 454 valence electrons. The maximum Gasteiger partial charge on any atom is 2.00 e. The molecule has 12 heterocycles. The van der Waals surface area contributed by atoms with Gasteiger partial charge in [0.2, 0.25) is 0 Å². The van der Waals surface area contributed by atoms with Gasteiger partial charge in [0.1, 0.15) is 0 Å². The molecule has 12 aliphatic rings.